The van der Waals surface area contributed by atoms with Gasteiger partial charge in [0.2, 0.25) is 0 Å². The van der Waals surface area contributed by atoms with Crippen LogP contribution in [0.2, 0.25) is 0 Å². The van der Waals surface area contributed by atoms with Gasteiger partial charge in [-0.3, -0.25) is 4.90 Å². The fourth-order valence-corrected chi connectivity index (χ4v) is 3.38. The molecule has 1 N–H and O–H groups in total. The third-order valence-electron chi connectivity index (χ3n) is 2.95. The number of hydrogen-bond donors (Lipinski definition) is 1. The quantitative estimate of drug-likeness (QED) is 0.782. The predicted octanol–water partition coefficient (Wildman–Crippen LogP) is 3.25. The Morgan fingerprint density at radius 1 is 1.44 bits per heavy atom. The maximum Gasteiger partial charge on any atom is 0.0431 e. The summed E-state index contributed by atoms with van der Waals surface area (Å²) in [6.45, 7) is 2.51. The molecule has 0 amide bonds. The predicted molar refractivity (Wildman–Crippen MR) is 71.8 cm³/mol. The minimum atomic E-state index is 0.321. The summed E-state index contributed by atoms with van der Waals surface area (Å²) in [6, 6.07) is 2.92. The molecule has 1 aliphatic carbocycles. The van der Waals surface area contributed by atoms with Gasteiger partial charge < -0.3 is 5.11 Å². The minimum Gasteiger partial charge on any atom is -0.396 e. The topological polar surface area (TPSA) is 23.5 Å². The summed E-state index contributed by atoms with van der Waals surface area (Å²) in [7, 11) is 0. The summed E-state index contributed by atoms with van der Waals surface area (Å²) in [4.78, 5) is 3.99. The van der Waals surface area contributed by atoms with E-state index in [0.29, 0.717) is 6.61 Å². The zero-order valence-corrected chi connectivity index (χ0v) is 11.8. The minimum absolute atomic E-state index is 0.321. The Bertz CT molecular complexity index is 325. The van der Waals surface area contributed by atoms with Crippen LogP contribution in [0, 0.1) is 0 Å². The number of aliphatic hydroxyl groups excluding tert-OH is 1. The highest BCUT2D eigenvalue weighted by atomic mass is 79.9. The molecule has 2 rings (SSSR count). The monoisotopic (exact) mass is 303 g/mol. The van der Waals surface area contributed by atoms with Crippen LogP contribution in [0.25, 0.3) is 0 Å². The van der Waals surface area contributed by atoms with Crippen LogP contribution < -0.4 is 0 Å². The maximum absolute atomic E-state index is 8.81. The van der Waals surface area contributed by atoms with Crippen molar-refractivity contribution in [2.24, 2.45) is 0 Å². The van der Waals surface area contributed by atoms with E-state index in [0.717, 1.165) is 32.0 Å². The van der Waals surface area contributed by atoms with Crippen LogP contribution in [0.5, 0.6) is 0 Å². The molecule has 2 nitrogen and oxygen atoms in total. The van der Waals surface area contributed by atoms with Crippen molar-refractivity contribution >= 4 is 27.3 Å². The average molecular weight is 304 g/mol. The molecule has 16 heavy (non-hydrogen) atoms. The third-order valence-corrected chi connectivity index (χ3v) is 4.87. The molecule has 0 unspecified atom stereocenters. The van der Waals surface area contributed by atoms with Gasteiger partial charge in [-0.15, -0.1) is 11.3 Å². The summed E-state index contributed by atoms with van der Waals surface area (Å²) in [5, 5.41) is 10.9. The van der Waals surface area contributed by atoms with E-state index in [1.54, 1.807) is 0 Å². The molecule has 1 saturated carbocycles. The standard InChI is InChI=1S/C12H18BrNOS/c13-11-5-8-16-12(11)9-14(10-3-4-10)6-1-2-7-15/h5,8,10,15H,1-4,6-7,9H2. The lowest BCUT2D eigenvalue weighted by Gasteiger charge is -2.21. The van der Waals surface area contributed by atoms with Gasteiger partial charge in [-0.1, -0.05) is 0 Å². The van der Waals surface area contributed by atoms with Gasteiger partial charge in [-0.25, -0.2) is 0 Å². The molecule has 4 heteroatoms. The molecule has 0 aromatic carbocycles. The Labute approximate surface area is 109 Å². The molecular formula is C12H18BrNOS. The number of thiophene rings is 1. The molecule has 0 saturated heterocycles. The third kappa shape index (κ3) is 3.55. The van der Waals surface area contributed by atoms with Crippen molar-refractivity contribution in [3.05, 3.63) is 20.8 Å². The molecule has 0 bridgehead atoms. The lowest BCUT2D eigenvalue weighted by atomic mass is 10.3. The van der Waals surface area contributed by atoms with Crippen LogP contribution in [0.15, 0.2) is 15.9 Å². The summed E-state index contributed by atoms with van der Waals surface area (Å²) >= 11 is 5.41. The summed E-state index contributed by atoms with van der Waals surface area (Å²) in [6.07, 6.45) is 4.73. The lowest BCUT2D eigenvalue weighted by Crippen LogP contribution is -2.26. The van der Waals surface area contributed by atoms with Gasteiger partial charge in [0.1, 0.15) is 0 Å². The van der Waals surface area contributed by atoms with Gasteiger partial charge in [0, 0.05) is 28.5 Å². The number of hydrogen-bond acceptors (Lipinski definition) is 3. The van der Waals surface area contributed by atoms with E-state index in [-0.39, 0.29) is 0 Å². The van der Waals surface area contributed by atoms with Gasteiger partial charge in [-0.2, -0.15) is 0 Å². The molecule has 0 aliphatic heterocycles. The highest BCUT2D eigenvalue weighted by Gasteiger charge is 2.28. The van der Waals surface area contributed by atoms with Crippen LogP contribution in [0.3, 0.4) is 0 Å². The van der Waals surface area contributed by atoms with Gasteiger partial charge in [-0.05, 0) is 59.6 Å². The fourth-order valence-electron chi connectivity index (χ4n) is 1.88. The van der Waals surface area contributed by atoms with E-state index < -0.39 is 0 Å². The normalized spacial score (nSPS) is 15.9. The Hall–Kier alpha value is 0.100. The molecule has 1 aliphatic rings. The summed E-state index contributed by atoms with van der Waals surface area (Å²) < 4.78 is 1.24. The highest BCUT2D eigenvalue weighted by molar-refractivity contribution is 9.10. The highest BCUT2D eigenvalue weighted by Crippen LogP contribution is 2.31. The van der Waals surface area contributed by atoms with E-state index in [9.17, 15) is 0 Å². The van der Waals surface area contributed by atoms with Gasteiger partial charge in [0.05, 0.1) is 0 Å². The number of unbranched alkanes of at least 4 members (excludes halogenated alkanes) is 1. The summed E-state index contributed by atoms with van der Waals surface area (Å²) in [5.41, 5.74) is 0. The fraction of sp³-hybridized carbons (Fsp3) is 0.667. The second-order valence-corrected chi connectivity index (χ2v) is 6.18. The van der Waals surface area contributed by atoms with E-state index in [1.807, 2.05) is 11.3 Å². The molecule has 0 radical (unpaired) electrons. The van der Waals surface area contributed by atoms with Crippen LogP contribution in [-0.2, 0) is 6.54 Å². The van der Waals surface area contributed by atoms with Crippen molar-refractivity contribution in [2.45, 2.75) is 38.3 Å². The van der Waals surface area contributed by atoms with Crippen LogP contribution in [0.4, 0.5) is 0 Å². The first kappa shape index (κ1) is 12.6. The van der Waals surface area contributed by atoms with Crippen molar-refractivity contribution in [2.75, 3.05) is 13.2 Å². The van der Waals surface area contributed by atoms with E-state index in [2.05, 4.69) is 32.3 Å². The van der Waals surface area contributed by atoms with Gasteiger partial charge >= 0.3 is 0 Å². The molecule has 1 fully saturated rings. The van der Waals surface area contributed by atoms with Crippen molar-refractivity contribution in [1.29, 1.82) is 0 Å². The first-order valence-corrected chi connectivity index (χ1v) is 7.55. The van der Waals surface area contributed by atoms with Crippen molar-refractivity contribution in [3.63, 3.8) is 0 Å². The zero-order valence-electron chi connectivity index (χ0n) is 9.36. The van der Waals surface area contributed by atoms with E-state index in [1.165, 1.54) is 22.2 Å². The SMILES string of the molecule is OCCCCN(Cc1sccc1Br)C1CC1. The molecule has 0 atom stereocenters. The van der Waals surface area contributed by atoms with Crippen molar-refractivity contribution in [3.8, 4) is 0 Å². The van der Waals surface area contributed by atoms with Crippen LogP contribution in [-0.4, -0.2) is 29.2 Å². The van der Waals surface area contributed by atoms with E-state index in [4.69, 9.17) is 5.11 Å². The number of nitrogens with zero attached hydrogens (tertiary/aromatic N) is 1. The maximum atomic E-state index is 8.81. The summed E-state index contributed by atoms with van der Waals surface area (Å²) in [5.74, 6) is 0. The largest absolute Gasteiger partial charge is 0.396 e. The number of halogens is 1. The second kappa shape index (κ2) is 6.15. The second-order valence-electron chi connectivity index (χ2n) is 4.32. The van der Waals surface area contributed by atoms with Gasteiger partial charge in [0.25, 0.3) is 0 Å². The first-order chi connectivity index (χ1) is 7.81. The number of rotatable bonds is 7. The number of aliphatic hydroxyl groups is 1. The Kier molecular flexibility index (Phi) is 4.82. The average Bonchev–Trinajstić information content (AvgIpc) is 3.04. The zero-order chi connectivity index (χ0) is 11.4. The van der Waals surface area contributed by atoms with Crippen LogP contribution in [0.1, 0.15) is 30.6 Å². The van der Waals surface area contributed by atoms with Crippen molar-refractivity contribution in [1.82, 2.24) is 4.90 Å². The Balaban J connectivity index is 1.85. The van der Waals surface area contributed by atoms with E-state index >= 15 is 0 Å². The van der Waals surface area contributed by atoms with Crippen molar-refractivity contribution < 1.29 is 5.11 Å². The smallest absolute Gasteiger partial charge is 0.0431 e. The molecule has 90 valence electrons. The molecule has 1 heterocycles. The first-order valence-electron chi connectivity index (χ1n) is 5.88. The molecule has 0 spiro atoms. The van der Waals surface area contributed by atoms with Crippen LogP contribution >= 0.6 is 27.3 Å². The molecule has 1 aromatic rings. The van der Waals surface area contributed by atoms with Gasteiger partial charge in [0.15, 0.2) is 0 Å². The Morgan fingerprint density at radius 2 is 2.25 bits per heavy atom. The molecular weight excluding hydrogens is 286 g/mol. The Morgan fingerprint density at radius 3 is 2.81 bits per heavy atom. The molecule has 1 aromatic heterocycles. The lowest BCUT2D eigenvalue weighted by molar-refractivity contribution is 0.230.